The number of halogens is 1. The summed E-state index contributed by atoms with van der Waals surface area (Å²) in [6.07, 6.45) is 0. The molecule has 0 saturated carbocycles. The molecule has 2 N–H and O–H groups in total. The summed E-state index contributed by atoms with van der Waals surface area (Å²) in [4.78, 5) is 19.4. The number of aliphatic carboxylic acids is 2. The first-order chi connectivity index (χ1) is 4.76. The summed E-state index contributed by atoms with van der Waals surface area (Å²) in [5.41, 5.74) is 0. The minimum Gasteiger partial charge on any atom is -0.481 e. The Morgan fingerprint density at radius 2 is 1.55 bits per heavy atom. The number of carboxylic acid groups (broad SMARTS) is 2. The smallest absolute Gasteiger partial charge is 0.319 e. The van der Waals surface area contributed by atoms with E-state index in [4.69, 9.17) is 21.8 Å². The Hall–Kier alpha value is -0.770. The number of alkyl halides is 1. The zero-order valence-corrected chi connectivity index (χ0v) is 6.92. The van der Waals surface area contributed by atoms with Gasteiger partial charge in [0.15, 0.2) is 5.92 Å². The van der Waals surface area contributed by atoms with Gasteiger partial charge < -0.3 is 10.2 Å². The third-order valence-corrected chi connectivity index (χ3v) is 1.40. The van der Waals surface area contributed by atoms with E-state index < -0.39 is 22.7 Å². The molecule has 0 atom stereocenters. The van der Waals surface area contributed by atoms with Crippen molar-refractivity contribution in [1.82, 2.24) is 0 Å². The lowest BCUT2D eigenvalue weighted by Gasteiger charge is -2.20. The van der Waals surface area contributed by atoms with Crippen LogP contribution in [0.2, 0.25) is 0 Å². The van der Waals surface area contributed by atoms with E-state index in [1.807, 2.05) is 0 Å². The highest BCUT2D eigenvalue weighted by Gasteiger charge is 2.39. The molecule has 0 aliphatic carbocycles. The standard InChI is InChI=1S/C6H9ClO4/c1-6(2,7)3(4(8)9)5(10)11/h3H,1-2H3,(H,8,9)(H,10,11). The SMILES string of the molecule is CC(C)(Cl)C(C(=O)O)C(=O)O. The predicted octanol–water partition coefficient (Wildman–Crippen LogP) is 0.789. The van der Waals surface area contributed by atoms with Crippen molar-refractivity contribution in [3.63, 3.8) is 0 Å². The van der Waals surface area contributed by atoms with Crippen molar-refractivity contribution in [3.05, 3.63) is 0 Å². The van der Waals surface area contributed by atoms with Gasteiger partial charge in [0.1, 0.15) is 0 Å². The van der Waals surface area contributed by atoms with Crippen molar-refractivity contribution >= 4 is 23.5 Å². The van der Waals surface area contributed by atoms with Crippen molar-refractivity contribution < 1.29 is 19.8 Å². The number of carboxylic acids is 2. The number of hydrogen-bond acceptors (Lipinski definition) is 2. The maximum Gasteiger partial charge on any atom is 0.319 e. The van der Waals surface area contributed by atoms with Crippen LogP contribution >= 0.6 is 11.6 Å². The van der Waals surface area contributed by atoms with Crippen LogP contribution in [-0.4, -0.2) is 27.0 Å². The van der Waals surface area contributed by atoms with Crippen LogP contribution in [0.4, 0.5) is 0 Å². The molecule has 5 heteroatoms. The second-order valence-electron chi connectivity index (χ2n) is 2.67. The molecule has 0 aromatic rings. The highest BCUT2D eigenvalue weighted by atomic mass is 35.5. The molecular weight excluding hydrogens is 172 g/mol. The highest BCUT2D eigenvalue weighted by molar-refractivity contribution is 6.26. The van der Waals surface area contributed by atoms with Crippen LogP contribution in [-0.2, 0) is 9.59 Å². The number of rotatable bonds is 3. The van der Waals surface area contributed by atoms with Gasteiger partial charge in [-0.2, -0.15) is 0 Å². The van der Waals surface area contributed by atoms with Gasteiger partial charge in [-0.1, -0.05) is 0 Å². The molecule has 0 radical (unpaired) electrons. The van der Waals surface area contributed by atoms with Gasteiger partial charge in [0.25, 0.3) is 0 Å². The molecule has 64 valence electrons. The quantitative estimate of drug-likeness (QED) is 0.498. The normalized spacial score (nSPS) is 11.6. The Morgan fingerprint density at radius 3 is 1.55 bits per heavy atom. The number of carbonyl (C=O) groups is 2. The van der Waals surface area contributed by atoms with E-state index in [9.17, 15) is 9.59 Å². The van der Waals surface area contributed by atoms with E-state index in [0.29, 0.717) is 0 Å². The molecule has 0 aliphatic rings. The molecule has 4 nitrogen and oxygen atoms in total. The van der Waals surface area contributed by atoms with Crippen LogP contribution < -0.4 is 0 Å². The molecule has 0 fully saturated rings. The maximum absolute atomic E-state index is 10.3. The summed E-state index contributed by atoms with van der Waals surface area (Å²) < 4.78 is 0. The van der Waals surface area contributed by atoms with Crippen molar-refractivity contribution in [2.75, 3.05) is 0 Å². The van der Waals surface area contributed by atoms with Crippen LogP contribution in [0.25, 0.3) is 0 Å². The fourth-order valence-corrected chi connectivity index (χ4v) is 0.880. The Kier molecular flexibility index (Phi) is 2.87. The molecule has 0 rings (SSSR count). The molecule has 0 amide bonds. The molecule has 0 spiro atoms. The molecule has 0 unspecified atom stereocenters. The second kappa shape index (κ2) is 3.09. The van der Waals surface area contributed by atoms with Crippen LogP contribution in [0.5, 0.6) is 0 Å². The predicted molar refractivity (Wildman–Crippen MR) is 38.7 cm³/mol. The highest BCUT2D eigenvalue weighted by Crippen LogP contribution is 2.24. The first-order valence-electron chi connectivity index (χ1n) is 2.91. The first-order valence-corrected chi connectivity index (χ1v) is 3.29. The molecule has 0 aliphatic heterocycles. The molecule has 0 bridgehead atoms. The summed E-state index contributed by atoms with van der Waals surface area (Å²) >= 11 is 5.53. The van der Waals surface area contributed by atoms with Crippen molar-refractivity contribution in [2.45, 2.75) is 18.7 Å². The van der Waals surface area contributed by atoms with Crippen molar-refractivity contribution in [1.29, 1.82) is 0 Å². The summed E-state index contributed by atoms with van der Waals surface area (Å²) in [6.45, 7) is 2.70. The minimum atomic E-state index is -1.57. The molecule has 0 aromatic carbocycles. The summed E-state index contributed by atoms with van der Waals surface area (Å²) in [6, 6.07) is 0. The zero-order chi connectivity index (χ0) is 9.23. The number of hydrogen-bond donors (Lipinski definition) is 2. The van der Waals surface area contributed by atoms with Gasteiger partial charge in [-0.3, -0.25) is 9.59 Å². The monoisotopic (exact) mass is 180 g/mol. The molecular formula is C6H9ClO4. The third kappa shape index (κ3) is 2.76. The fraction of sp³-hybridized carbons (Fsp3) is 0.667. The minimum absolute atomic E-state index is 1.27. The van der Waals surface area contributed by atoms with Gasteiger partial charge >= 0.3 is 11.9 Å². The van der Waals surface area contributed by atoms with Crippen LogP contribution in [0.1, 0.15) is 13.8 Å². The van der Waals surface area contributed by atoms with E-state index in [0.717, 1.165) is 0 Å². The van der Waals surface area contributed by atoms with Crippen LogP contribution in [0.15, 0.2) is 0 Å². The third-order valence-electron chi connectivity index (χ3n) is 1.18. The Labute approximate surface area is 68.8 Å². The summed E-state index contributed by atoms with van der Waals surface area (Å²) in [7, 11) is 0. The van der Waals surface area contributed by atoms with Gasteiger partial charge in [-0.25, -0.2) is 0 Å². The van der Waals surface area contributed by atoms with Crippen molar-refractivity contribution in [2.24, 2.45) is 5.92 Å². The Balaban J connectivity index is 4.63. The largest absolute Gasteiger partial charge is 0.481 e. The first kappa shape index (κ1) is 10.2. The Bertz CT molecular complexity index is 168. The summed E-state index contributed by atoms with van der Waals surface area (Å²) in [5, 5.41) is 16.8. The molecule has 0 saturated heterocycles. The molecule has 0 heterocycles. The topological polar surface area (TPSA) is 74.6 Å². The van der Waals surface area contributed by atoms with E-state index >= 15 is 0 Å². The maximum atomic E-state index is 10.3. The second-order valence-corrected chi connectivity index (χ2v) is 3.65. The molecule has 11 heavy (non-hydrogen) atoms. The fourth-order valence-electron chi connectivity index (χ4n) is 0.693. The van der Waals surface area contributed by atoms with Gasteiger partial charge in [0.2, 0.25) is 0 Å². The zero-order valence-electron chi connectivity index (χ0n) is 6.17. The average Bonchev–Trinajstić information content (AvgIpc) is 1.54. The van der Waals surface area contributed by atoms with Crippen molar-refractivity contribution in [3.8, 4) is 0 Å². The lowest BCUT2D eigenvalue weighted by Crippen LogP contribution is -2.38. The van der Waals surface area contributed by atoms with Gasteiger partial charge in [-0.15, -0.1) is 11.6 Å². The van der Waals surface area contributed by atoms with E-state index in [1.54, 1.807) is 0 Å². The van der Waals surface area contributed by atoms with Gasteiger partial charge in [0, 0.05) is 0 Å². The van der Waals surface area contributed by atoms with Crippen LogP contribution in [0, 0.1) is 5.92 Å². The molecule has 0 aromatic heterocycles. The summed E-state index contributed by atoms with van der Waals surface area (Å²) in [5.74, 6) is -4.40. The average molecular weight is 181 g/mol. The van der Waals surface area contributed by atoms with E-state index in [2.05, 4.69) is 0 Å². The lowest BCUT2D eigenvalue weighted by atomic mass is 9.95. The van der Waals surface area contributed by atoms with E-state index in [1.165, 1.54) is 13.8 Å². The van der Waals surface area contributed by atoms with Crippen LogP contribution in [0.3, 0.4) is 0 Å². The van der Waals surface area contributed by atoms with E-state index in [-0.39, 0.29) is 0 Å². The van der Waals surface area contributed by atoms with Gasteiger partial charge in [-0.05, 0) is 13.8 Å². The lowest BCUT2D eigenvalue weighted by molar-refractivity contribution is -0.155. The van der Waals surface area contributed by atoms with Gasteiger partial charge in [0.05, 0.1) is 4.87 Å². The Morgan fingerprint density at radius 1 is 1.27 bits per heavy atom.